The molecule has 0 amide bonds. The molecule has 0 aliphatic heterocycles. The van der Waals surface area contributed by atoms with E-state index in [-0.39, 0.29) is 17.8 Å². The van der Waals surface area contributed by atoms with Crippen molar-refractivity contribution in [2.45, 2.75) is 6.54 Å². The Morgan fingerprint density at radius 2 is 1.63 bits per heavy atom. The van der Waals surface area contributed by atoms with Gasteiger partial charge in [-0.15, -0.1) is 0 Å². The van der Waals surface area contributed by atoms with Gasteiger partial charge in [0.25, 0.3) is 0 Å². The molecule has 0 fully saturated rings. The third kappa shape index (κ3) is 3.12. The van der Waals surface area contributed by atoms with Crippen LogP contribution in [0.5, 0.6) is 5.75 Å². The van der Waals surface area contributed by atoms with E-state index in [2.05, 4.69) is 5.32 Å². The summed E-state index contributed by atoms with van der Waals surface area (Å²) in [5.74, 6) is -3.69. The first-order valence-electron chi connectivity index (χ1n) is 5.33. The predicted octanol–water partition coefficient (Wildman–Crippen LogP) is 4.08. The Hall–Kier alpha value is -1.88. The zero-order valence-corrected chi connectivity index (χ0v) is 10.3. The van der Waals surface area contributed by atoms with Crippen molar-refractivity contribution in [3.8, 4) is 5.75 Å². The number of nitrogens with one attached hydrogen (secondary N) is 1. The molecule has 0 heterocycles. The van der Waals surface area contributed by atoms with Gasteiger partial charge in [0.15, 0.2) is 17.4 Å². The molecule has 0 unspecified atom stereocenters. The summed E-state index contributed by atoms with van der Waals surface area (Å²) in [6, 6.07) is 5.87. The van der Waals surface area contributed by atoms with Gasteiger partial charge >= 0.3 is 0 Å². The Morgan fingerprint density at radius 3 is 2.26 bits per heavy atom. The Morgan fingerprint density at radius 1 is 1.00 bits per heavy atom. The highest BCUT2D eigenvalue weighted by Gasteiger charge is 2.10. The standard InChI is InChI=1S/C13H9ClF3NO/c14-8-1-2-9(15)12(5-8)18-6-7-3-10(16)13(19)11(17)4-7/h1-5,18-19H,6H2. The number of benzene rings is 2. The second-order valence-corrected chi connectivity index (χ2v) is 4.32. The van der Waals surface area contributed by atoms with Gasteiger partial charge in [-0.25, -0.2) is 13.2 Å². The lowest BCUT2D eigenvalue weighted by atomic mass is 10.2. The topological polar surface area (TPSA) is 32.3 Å². The van der Waals surface area contributed by atoms with Gasteiger partial charge in [0.2, 0.25) is 0 Å². The number of hydrogen-bond donors (Lipinski definition) is 2. The summed E-state index contributed by atoms with van der Waals surface area (Å²) in [7, 11) is 0. The Balaban J connectivity index is 2.17. The van der Waals surface area contributed by atoms with Crippen LogP contribution in [0.3, 0.4) is 0 Å². The maximum absolute atomic E-state index is 13.4. The van der Waals surface area contributed by atoms with Crippen LogP contribution in [0.25, 0.3) is 0 Å². The van der Waals surface area contributed by atoms with E-state index in [1.54, 1.807) is 0 Å². The lowest BCUT2D eigenvalue weighted by Crippen LogP contribution is -2.02. The van der Waals surface area contributed by atoms with Crippen molar-refractivity contribution in [2.24, 2.45) is 0 Å². The summed E-state index contributed by atoms with van der Waals surface area (Å²) in [5.41, 5.74) is 0.355. The molecular formula is C13H9ClF3NO. The maximum Gasteiger partial charge on any atom is 0.187 e. The first-order valence-corrected chi connectivity index (χ1v) is 5.71. The van der Waals surface area contributed by atoms with Crippen molar-refractivity contribution in [3.63, 3.8) is 0 Å². The second kappa shape index (κ2) is 5.40. The van der Waals surface area contributed by atoms with Crippen LogP contribution in [0, 0.1) is 17.5 Å². The van der Waals surface area contributed by atoms with Gasteiger partial charge in [0.05, 0.1) is 5.69 Å². The molecule has 0 radical (unpaired) electrons. The molecule has 0 aromatic heterocycles. The van der Waals surface area contributed by atoms with Crippen molar-refractivity contribution in [1.82, 2.24) is 0 Å². The highest BCUT2D eigenvalue weighted by molar-refractivity contribution is 6.30. The number of phenolic OH excluding ortho intramolecular Hbond substituents is 1. The molecular weight excluding hydrogens is 279 g/mol. The van der Waals surface area contributed by atoms with Crippen molar-refractivity contribution in [2.75, 3.05) is 5.32 Å². The van der Waals surface area contributed by atoms with Crippen LogP contribution in [0.15, 0.2) is 30.3 Å². The van der Waals surface area contributed by atoms with Gasteiger partial charge in [-0.2, -0.15) is 0 Å². The minimum Gasteiger partial charge on any atom is -0.503 e. The van der Waals surface area contributed by atoms with E-state index < -0.39 is 23.2 Å². The molecule has 100 valence electrons. The minimum atomic E-state index is -1.07. The van der Waals surface area contributed by atoms with Crippen molar-refractivity contribution in [1.29, 1.82) is 0 Å². The van der Waals surface area contributed by atoms with Crippen LogP contribution in [0.2, 0.25) is 5.02 Å². The van der Waals surface area contributed by atoms with Crippen LogP contribution in [-0.2, 0) is 6.54 Å². The summed E-state index contributed by atoms with van der Waals surface area (Å²) in [6.07, 6.45) is 0. The fourth-order valence-corrected chi connectivity index (χ4v) is 1.72. The molecule has 2 aromatic rings. The van der Waals surface area contributed by atoms with E-state index in [4.69, 9.17) is 16.7 Å². The maximum atomic E-state index is 13.4. The average molecular weight is 288 g/mol. The summed E-state index contributed by atoms with van der Waals surface area (Å²) in [6.45, 7) is -0.00855. The lowest BCUT2D eigenvalue weighted by Gasteiger charge is -2.09. The third-order valence-corrected chi connectivity index (χ3v) is 2.72. The molecule has 2 aromatic carbocycles. The predicted molar refractivity (Wildman–Crippen MR) is 66.8 cm³/mol. The molecule has 2 N–H and O–H groups in total. The molecule has 0 atom stereocenters. The largest absolute Gasteiger partial charge is 0.503 e. The van der Waals surface area contributed by atoms with Gasteiger partial charge in [-0.05, 0) is 35.9 Å². The fourth-order valence-electron chi connectivity index (χ4n) is 1.55. The van der Waals surface area contributed by atoms with Crippen LogP contribution >= 0.6 is 11.6 Å². The average Bonchev–Trinajstić information content (AvgIpc) is 2.37. The molecule has 0 bridgehead atoms. The Labute approximate surface area is 112 Å². The number of hydrogen-bond acceptors (Lipinski definition) is 2. The molecule has 0 saturated heterocycles. The SMILES string of the molecule is Oc1c(F)cc(CNc2cc(Cl)ccc2F)cc1F. The van der Waals surface area contributed by atoms with E-state index in [0.29, 0.717) is 5.02 Å². The molecule has 0 saturated carbocycles. The fraction of sp³-hybridized carbons (Fsp3) is 0.0769. The van der Waals surface area contributed by atoms with E-state index >= 15 is 0 Å². The van der Waals surface area contributed by atoms with Gasteiger partial charge in [-0.3, -0.25) is 0 Å². The molecule has 0 aliphatic carbocycles. The number of rotatable bonds is 3. The highest BCUT2D eigenvalue weighted by atomic mass is 35.5. The Kier molecular flexibility index (Phi) is 3.85. The zero-order valence-electron chi connectivity index (χ0n) is 9.55. The van der Waals surface area contributed by atoms with Crippen LogP contribution < -0.4 is 5.32 Å². The normalized spacial score (nSPS) is 10.5. The number of halogens is 4. The van der Waals surface area contributed by atoms with Crippen molar-refractivity contribution < 1.29 is 18.3 Å². The minimum absolute atomic E-state index is 0.00855. The van der Waals surface area contributed by atoms with E-state index in [1.807, 2.05) is 0 Å². The van der Waals surface area contributed by atoms with Gasteiger partial charge in [0.1, 0.15) is 5.82 Å². The van der Waals surface area contributed by atoms with E-state index in [9.17, 15) is 13.2 Å². The van der Waals surface area contributed by atoms with Crippen LogP contribution in [0.1, 0.15) is 5.56 Å². The van der Waals surface area contributed by atoms with Gasteiger partial charge in [-0.1, -0.05) is 11.6 Å². The Bertz CT molecular complexity index is 596. The first kappa shape index (κ1) is 13.5. The highest BCUT2D eigenvalue weighted by Crippen LogP contribution is 2.23. The number of phenols is 1. The molecule has 6 heteroatoms. The molecule has 0 spiro atoms. The molecule has 2 rings (SSSR count). The quantitative estimate of drug-likeness (QED) is 0.892. The van der Waals surface area contributed by atoms with E-state index in [0.717, 1.165) is 12.1 Å². The van der Waals surface area contributed by atoms with Crippen LogP contribution in [0.4, 0.5) is 18.9 Å². The monoisotopic (exact) mass is 287 g/mol. The van der Waals surface area contributed by atoms with Gasteiger partial charge in [0, 0.05) is 11.6 Å². The molecule has 2 nitrogen and oxygen atoms in total. The molecule has 0 aliphatic rings. The van der Waals surface area contributed by atoms with E-state index in [1.165, 1.54) is 18.2 Å². The molecule has 19 heavy (non-hydrogen) atoms. The van der Waals surface area contributed by atoms with Crippen LogP contribution in [-0.4, -0.2) is 5.11 Å². The van der Waals surface area contributed by atoms with Crippen molar-refractivity contribution >= 4 is 17.3 Å². The second-order valence-electron chi connectivity index (χ2n) is 3.89. The van der Waals surface area contributed by atoms with Gasteiger partial charge < -0.3 is 10.4 Å². The summed E-state index contributed by atoms with van der Waals surface area (Å²) >= 11 is 5.71. The number of aromatic hydroxyl groups is 1. The van der Waals surface area contributed by atoms with Crippen molar-refractivity contribution in [3.05, 3.63) is 58.4 Å². The zero-order chi connectivity index (χ0) is 14.0. The summed E-state index contributed by atoms with van der Waals surface area (Å²) in [5, 5.41) is 12.0. The smallest absolute Gasteiger partial charge is 0.187 e. The summed E-state index contributed by atoms with van der Waals surface area (Å²) in [4.78, 5) is 0. The summed E-state index contributed by atoms with van der Waals surface area (Å²) < 4.78 is 39.6. The third-order valence-electron chi connectivity index (χ3n) is 2.49. The first-order chi connectivity index (χ1) is 8.97. The number of anilines is 1. The lowest BCUT2D eigenvalue weighted by molar-refractivity contribution is 0.395.